The van der Waals surface area contributed by atoms with Crippen molar-refractivity contribution < 1.29 is 13.2 Å². The summed E-state index contributed by atoms with van der Waals surface area (Å²) in [7, 11) is -1.59. The zero-order valence-electron chi connectivity index (χ0n) is 9.86. The number of anilines is 2. The molecule has 7 heteroatoms. The van der Waals surface area contributed by atoms with Gasteiger partial charge in [-0.2, -0.15) is 0 Å². The van der Waals surface area contributed by atoms with Crippen molar-refractivity contribution >= 4 is 21.4 Å². The number of hydrogen-bond donors (Lipinski definition) is 3. The van der Waals surface area contributed by atoms with Gasteiger partial charge in [-0.05, 0) is 12.1 Å². The van der Waals surface area contributed by atoms with Gasteiger partial charge in [0.2, 0.25) is 10.0 Å². The van der Waals surface area contributed by atoms with Crippen molar-refractivity contribution in [2.24, 2.45) is 0 Å². The van der Waals surface area contributed by atoms with E-state index in [-0.39, 0.29) is 0 Å². The third-order valence-corrected chi connectivity index (χ3v) is 2.78. The fourth-order valence-electron chi connectivity index (χ4n) is 1.26. The molecule has 0 spiro atoms. The lowest BCUT2D eigenvalue weighted by Gasteiger charge is -2.10. The number of ether oxygens (including phenoxy) is 1. The van der Waals surface area contributed by atoms with Gasteiger partial charge >= 0.3 is 0 Å². The molecule has 6 nitrogen and oxygen atoms in total. The molecule has 4 N–H and O–H groups in total. The number of nitrogens with one attached hydrogen (secondary N) is 2. The van der Waals surface area contributed by atoms with Gasteiger partial charge in [-0.25, -0.2) is 13.1 Å². The van der Waals surface area contributed by atoms with Crippen molar-refractivity contribution in [1.82, 2.24) is 4.72 Å². The van der Waals surface area contributed by atoms with E-state index in [2.05, 4.69) is 10.0 Å². The van der Waals surface area contributed by atoms with Crippen LogP contribution in [-0.4, -0.2) is 34.9 Å². The molecule has 1 rings (SSSR count). The van der Waals surface area contributed by atoms with Crippen molar-refractivity contribution in [3.63, 3.8) is 0 Å². The Morgan fingerprint density at radius 3 is 2.65 bits per heavy atom. The quantitative estimate of drug-likeness (QED) is 0.502. The number of hydrogen-bond acceptors (Lipinski definition) is 5. The van der Waals surface area contributed by atoms with Crippen LogP contribution in [0.4, 0.5) is 11.4 Å². The highest BCUT2D eigenvalue weighted by atomic mass is 32.2. The van der Waals surface area contributed by atoms with Crippen molar-refractivity contribution in [3.8, 4) is 5.75 Å². The molecule has 0 bridgehead atoms. The van der Waals surface area contributed by atoms with E-state index >= 15 is 0 Å². The van der Waals surface area contributed by atoms with E-state index in [1.54, 1.807) is 25.3 Å². The lowest BCUT2D eigenvalue weighted by Crippen LogP contribution is -2.27. The molecular weight excluding hydrogens is 242 g/mol. The van der Waals surface area contributed by atoms with E-state index in [1.165, 1.54) is 0 Å². The molecule has 96 valence electrons. The second-order valence-corrected chi connectivity index (χ2v) is 5.38. The molecule has 0 heterocycles. The Kier molecular flexibility index (Phi) is 4.59. The third kappa shape index (κ3) is 4.92. The highest BCUT2D eigenvalue weighted by Crippen LogP contribution is 2.24. The smallest absolute Gasteiger partial charge is 0.208 e. The first-order valence-corrected chi connectivity index (χ1v) is 6.93. The van der Waals surface area contributed by atoms with Gasteiger partial charge in [0, 0.05) is 24.8 Å². The predicted octanol–water partition coefficient (Wildman–Crippen LogP) is 0.239. The van der Waals surface area contributed by atoms with Gasteiger partial charge in [0.1, 0.15) is 5.75 Å². The Morgan fingerprint density at radius 1 is 1.35 bits per heavy atom. The molecule has 0 aromatic heterocycles. The third-order valence-electron chi connectivity index (χ3n) is 2.05. The van der Waals surface area contributed by atoms with Crippen LogP contribution < -0.4 is 20.5 Å². The van der Waals surface area contributed by atoms with E-state index in [9.17, 15) is 8.42 Å². The largest absolute Gasteiger partial charge is 0.495 e. The number of benzene rings is 1. The predicted molar refractivity (Wildman–Crippen MR) is 68.7 cm³/mol. The van der Waals surface area contributed by atoms with Crippen LogP contribution in [0.25, 0.3) is 0 Å². The Balaban J connectivity index is 2.47. The zero-order valence-corrected chi connectivity index (χ0v) is 10.7. The van der Waals surface area contributed by atoms with E-state index < -0.39 is 10.0 Å². The first kappa shape index (κ1) is 13.6. The molecule has 0 saturated carbocycles. The summed E-state index contributed by atoms with van der Waals surface area (Å²) in [5.74, 6) is 0.589. The standard InChI is InChI=1S/C10H17N3O3S/c1-16-10-7-8(3-4-9(10)11)12-5-6-13-17(2,14)15/h3-4,7,12-13H,5-6,11H2,1-2H3. The summed E-state index contributed by atoms with van der Waals surface area (Å²) in [5.41, 5.74) is 7.06. The van der Waals surface area contributed by atoms with Crippen molar-refractivity contribution in [1.29, 1.82) is 0 Å². The number of rotatable bonds is 6. The minimum atomic E-state index is -3.13. The SMILES string of the molecule is COc1cc(NCCNS(C)(=O)=O)ccc1N. The highest BCUT2D eigenvalue weighted by Gasteiger charge is 2.01. The van der Waals surface area contributed by atoms with Gasteiger partial charge in [-0.15, -0.1) is 0 Å². The molecular formula is C10H17N3O3S. The lowest BCUT2D eigenvalue weighted by atomic mass is 10.2. The molecule has 0 radical (unpaired) electrons. The first-order chi connectivity index (χ1) is 7.92. The molecule has 1 aromatic rings. The van der Waals surface area contributed by atoms with Crippen molar-refractivity contribution in [2.45, 2.75) is 0 Å². The minimum absolute atomic E-state index is 0.325. The van der Waals surface area contributed by atoms with Crippen LogP contribution >= 0.6 is 0 Å². The number of sulfonamides is 1. The summed E-state index contributed by atoms with van der Waals surface area (Å²) in [6, 6.07) is 5.29. The van der Waals surface area contributed by atoms with Crippen molar-refractivity contribution in [2.75, 3.05) is 37.5 Å². The zero-order chi connectivity index (χ0) is 12.9. The Labute approximate surface area is 101 Å². The topological polar surface area (TPSA) is 93.5 Å². The Bertz CT molecular complexity index is 474. The molecule has 0 saturated heterocycles. The van der Waals surface area contributed by atoms with Gasteiger partial charge in [0.25, 0.3) is 0 Å². The van der Waals surface area contributed by atoms with Crippen LogP contribution in [0.5, 0.6) is 5.75 Å². The molecule has 0 fully saturated rings. The van der Waals surface area contributed by atoms with Gasteiger partial charge in [-0.3, -0.25) is 0 Å². The van der Waals surface area contributed by atoms with E-state index in [0.717, 1.165) is 11.9 Å². The summed E-state index contributed by atoms with van der Waals surface area (Å²) < 4.78 is 29.1. The van der Waals surface area contributed by atoms with E-state index in [0.29, 0.717) is 24.5 Å². The monoisotopic (exact) mass is 259 g/mol. The number of nitrogens with two attached hydrogens (primary N) is 1. The molecule has 0 aliphatic heterocycles. The van der Waals surface area contributed by atoms with Crippen LogP contribution in [-0.2, 0) is 10.0 Å². The van der Waals surface area contributed by atoms with Gasteiger partial charge in [0.15, 0.2) is 0 Å². The van der Waals surface area contributed by atoms with Gasteiger partial charge in [0.05, 0.1) is 19.1 Å². The van der Waals surface area contributed by atoms with Crippen LogP contribution in [0.15, 0.2) is 18.2 Å². The fourth-order valence-corrected chi connectivity index (χ4v) is 1.74. The molecule has 0 aliphatic rings. The van der Waals surface area contributed by atoms with E-state index in [1.807, 2.05) is 0 Å². The lowest BCUT2D eigenvalue weighted by molar-refractivity contribution is 0.417. The average Bonchev–Trinajstić information content (AvgIpc) is 2.25. The molecule has 0 atom stereocenters. The Morgan fingerprint density at radius 2 is 2.06 bits per heavy atom. The maximum atomic E-state index is 10.8. The maximum absolute atomic E-state index is 10.8. The second-order valence-electron chi connectivity index (χ2n) is 3.55. The number of methoxy groups -OCH3 is 1. The van der Waals surface area contributed by atoms with Crippen LogP contribution in [0.2, 0.25) is 0 Å². The van der Waals surface area contributed by atoms with Crippen molar-refractivity contribution in [3.05, 3.63) is 18.2 Å². The minimum Gasteiger partial charge on any atom is -0.495 e. The fraction of sp³-hybridized carbons (Fsp3) is 0.400. The maximum Gasteiger partial charge on any atom is 0.208 e. The second kappa shape index (κ2) is 5.74. The molecule has 0 aliphatic carbocycles. The normalized spacial score (nSPS) is 11.2. The van der Waals surface area contributed by atoms with Gasteiger partial charge in [-0.1, -0.05) is 0 Å². The summed E-state index contributed by atoms with van der Waals surface area (Å²) in [4.78, 5) is 0. The van der Waals surface area contributed by atoms with Gasteiger partial charge < -0.3 is 15.8 Å². The van der Waals surface area contributed by atoms with Crippen LogP contribution in [0, 0.1) is 0 Å². The average molecular weight is 259 g/mol. The summed E-state index contributed by atoms with van der Waals surface area (Å²) >= 11 is 0. The van der Waals surface area contributed by atoms with E-state index in [4.69, 9.17) is 10.5 Å². The summed E-state index contributed by atoms with van der Waals surface area (Å²) in [5, 5.41) is 3.06. The molecule has 1 aromatic carbocycles. The van der Waals surface area contributed by atoms with Crippen LogP contribution in [0.3, 0.4) is 0 Å². The molecule has 0 amide bonds. The van der Waals surface area contributed by atoms with Crippen LogP contribution in [0.1, 0.15) is 0 Å². The Hall–Kier alpha value is -1.47. The molecule has 0 unspecified atom stereocenters. The number of nitrogen functional groups attached to an aromatic ring is 1. The first-order valence-electron chi connectivity index (χ1n) is 5.04. The summed E-state index contributed by atoms with van der Waals surface area (Å²) in [6.45, 7) is 0.811. The molecule has 17 heavy (non-hydrogen) atoms. The summed E-state index contributed by atoms with van der Waals surface area (Å²) in [6.07, 6.45) is 1.12. The highest BCUT2D eigenvalue weighted by molar-refractivity contribution is 7.88.